The highest BCUT2D eigenvalue weighted by Crippen LogP contribution is 2.47. The van der Waals surface area contributed by atoms with Crippen LogP contribution in [0.1, 0.15) is 89.2 Å². The zero-order chi connectivity index (χ0) is 31.5. The van der Waals surface area contributed by atoms with E-state index < -0.39 is 8.16 Å². The third-order valence-electron chi connectivity index (χ3n) is 9.83. The molecule has 0 N–H and O–H groups in total. The molecule has 46 heavy (non-hydrogen) atoms. The Balaban J connectivity index is 1.49. The van der Waals surface area contributed by atoms with E-state index in [1.54, 1.807) is 0 Å². The van der Waals surface area contributed by atoms with Gasteiger partial charge in [0.1, 0.15) is 11.2 Å². The van der Waals surface area contributed by atoms with Crippen molar-refractivity contribution in [3.05, 3.63) is 107 Å². The molecule has 0 radical (unpaired) electrons. The maximum absolute atomic E-state index is 7.19. The average molecular weight is 671 g/mol. The van der Waals surface area contributed by atoms with Gasteiger partial charge in [-0.05, 0) is 71.1 Å². The van der Waals surface area contributed by atoms with Crippen LogP contribution in [0.3, 0.4) is 0 Å². The van der Waals surface area contributed by atoms with Crippen LogP contribution in [-0.2, 0) is 0 Å². The molecule has 0 saturated heterocycles. The number of fused-ring (bicyclic) bond motifs is 7. The fraction of sp³-hybridized carbons (Fsp3) is 0.350. The minimum Gasteiger partial charge on any atom is -0.408 e. The summed E-state index contributed by atoms with van der Waals surface area (Å²) >= 11 is 13.3. The molecule has 1 atom stereocenters. The lowest BCUT2D eigenvalue weighted by molar-refractivity contribution is 0.428. The van der Waals surface area contributed by atoms with Crippen molar-refractivity contribution in [1.82, 2.24) is 0 Å². The molecular weight excluding hydrogens is 628 g/mol. The van der Waals surface area contributed by atoms with Crippen molar-refractivity contribution in [2.24, 2.45) is 0 Å². The minimum atomic E-state index is -1.56. The molecule has 7 rings (SSSR count). The smallest absolute Gasteiger partial charge is 0.310 e. The largest absolute Gasteiger partial charge is 0.408 e. The summed E-state index contributed by atoms with van der Waals surface area (Å²) in [6.45, 7) is 2.26. The van der Waals surface area contributed by atoms with Crippen LogP contribution >= 0.6 is 31.4 Å². The SMILES string of the molecule is C[C@H](c1ccc(Cl)cc1Cl)N(C1CCCCCCCCCCC1)p1oc2ccc3ccccc3c2c2c(ccc3ccccc32)o1. The second-order valence-corrected chi connectivity index (χ2v) is 15.0. The Morgan fingerprint density at radius 3 is 1.65 bits per heavy atom. The van der Waals surface area contributed by atoms with Crippen molar-refractivity contribution >= 4 is 74.8 Å². The van der Waals surface area contributed by atoms with Crippen LogP contribution in [0, 0.1) is 0 Å². The van der Waals surface area contributed by atoms with E-state index in [4.69, 9.17) is 31.6 Å². The van der Waals surface area contributed by atoms with E-state index >= 15 is 0 Å². The zero-order valence-corrected chi connectivity index (χ0v) is 29.0. The Kier molecular flexibility index (Phi) is 9.94. The van der Waals surface area contributed by atoms with Crippen molar-refractivity contribution < 1.29 is 8.39 Å². The lowest BCUT2D eigenvalue weighted by Gasteiger charge is -2.34. The molecule has 6 aromatic rings. The van der Waals surface area contributed by atoms with Gasteiger partial charge in [0.25, 0.3) is 0 Å². The van der Waals surface area contributed by atoms with E-state index in [1.165, 1.54) is 79.3 Å². The molecule has 6 heteroatoms. The predicted molar refractivity (Wildman–Crippen MR) is 199 cm³/mol. The molecule has 3 nitrogen and oxygen atoms in total. The van der Waals surface area contributed by atoms with Gasteiger partial charge in [-0.3, -0.25) is 0 Å². The van der Waals surface area contributed by atoms with Gasteiger partial charge >= 0.3 is 8.16 Å². The molecule has 1 fully saturated rings. The molecule has 1 saturated carbocycles. The van der Waals surface area contributed by atoms with Crippen molar-refractivity contribution in [2.75, 3.05) is 4.67 Å². The fourth-order valence-corrected chi connectivity index (χ4v) is 9.77. The van der Waals surface area contributed by atoms with Gasteiger partial charge in [0, 0.05) is 32.9 Å². The molecule has 0 spiro atoms. The molecular formula is C40H42Cl2NO2P. The maximum Gasteiger partial charge on any atom is 0.310 e. The fourth-order valence-electron chi connectivity index (χ4n) is 7.43. The summed E-state index contributed by atoms with van der Waals surface area (Å²) in [4.78, 5) is 0. The molecule has 1 heterocycles. The first-order valence-corrected chi connectivity index (χ1v) is 18.9. The van der Waals surface area contributed by atoms with Gasteiger partial charge in [0.15, 0.2) is 0 Å². The maximum atomic E-state index is 7.19. The van der Waals surface area contributed by atoms with Crippen LogP contribution in [0.5, 0.6) is 0 Å². The molecule has 0 unspecified atom stereocenters. The van der Waals surface area contributed by atoms with Crippen LogP contribution in [0.25, 0.3) is 43.5 Å². The molecule has 0 aliphatic heterocycles. The molecule has 1 aliphatic carbocycles. The Bertz CT molecular complexity index is 1910. The standard InChI is InChI=1S/C40H42Cl2NO2P/c1-28(33-24-23-31(41)27-36(33)42)43(32-17-9-7-5-3-2-4-6-8-10-18-32)46-44-37-25-21-29-15-11-13-19-34(29)39(37)40-35-20-14-12-16-30(35)22-26-38(40)45-46/h11-16,19-28,32H,2-10,17-18H2,1H3/t28-/m1/s1. The van der Waals surface area contributed by atoms with Gasteiger partial charge < -0.3 is 8.39 Å². The van der Waals surface area contributed by atoms with Crippen LogP contribution in [0.4, 0.5) is 0 Å². The summed E-state index contributed by atoms with van der Waals surface area (Å²) in [5.41, 5.74) is 2.79. The first kappa shape index (κ1) is 31.6. The Morgan fingerprint density at radius 2 is 1.13 bits per heavy atom. The second kappa shape index (κ2) is 14.4. The number of hydrogen-bond donors (Lipinski definition) is 0. The van der Waals surface area contributed by atoms with E-state index in [0.29, 0.717) is 10.0 Å². The second-order valence-electron chi connectivity index (χ2n) is 12.9. The number of rotatable bonds is 4. The summed E-state index contributed by atoms with van der Waals surface area (Å²) in [7, 11) is -1.56. The van der Waals surface area contributed by atoms with Gasteiger partial charge in [0.05, 0.1) is 0 Å². The van der Waals surface area contributed by atoms with Gasteiger partial charge in [-0.25, -0.2) is 0 Å². The third kappa shape index (κ3) is 6.58. The number of halogens is 2. The van der Waals surface area contributed by atoms with E-state index in [1.807, 2.05) is 12.1 Å². The number of hydrogen-bond acceptors (Lipinski definition) is 3. The molecule has 0 amide bonds. The van der Waals surface area contributed by atoms with Crippen molar-refractivity contribution in [1.29, 1.82) is 0 Å². The normalized spacial score (nSPS) is 16.5. The summed E-state index contributed by atoms with van der Waals surface area (Å²) in [6.07, 6.45) is 13.8. The summed E-state index contributed by atoms with van der Waals surface area (Å²) in [5, 5.41) is 8.25. The van der Waals surface area contributed by atoms with Crippen LogP contribution in [0.15, 0.2) is 99.4 Å². The van der Waals surface area contributed by atoms with E-state index in [0.717, 1.165) is 40.3 Å². The molecule has 5 aromatic carbocycles. The summed E-state index contributed by atoms with van der Waals surface area (Å²) in [5.74, 6) is 0. The number of benzene rings is 5. The Morgan fingerprint density at radius 1 is 0.630 bits per heavy atom. The molecule has 1 aromatic heterocycles. The number of nitrogens with zero attached hydrogens (tertiary/aromatic N) is 1. The van der Waals surface area contributed by atoms with Crippen molar-refractivity contribution in [3.63, 3.8) is 0 Å². The van der Waals surface area contributed by atoms with Gasteiger partial charge in [-0.1, -0.05) is 148 Å². The van der Waals surface area contributed by atoms with Gasteiger partial charge in [0.2, 0.25) is 0 Å². The zero-order valence-electron chi connectivity index (χ0n) is 26.6. The first-order valence-electron chi connectivity index (χ1n) is 17.0. The molecule has 1 aliphatic rings. The molecule has 0 bridgehead atoms. The van der Waals surface area contributed by atoms with Crippen LogP contribution in [0.2, 0.25) is 10.0 Å². The Hall–Kier alpha value is -2.94. The van der Waals surface area contributed by atoms with E-state index in [-0.39, 0.29) is 12.1 Å². The minimum absolute atomic E-state index is 0.0419. The quantitative estimate of drug-likeness (QED) is 0.187. The van der Waals surface area contributed by atoms with Gasteiger partial charge in [-0.2, -0.15) is 4.67 Å². The highest BCUT2D eigenvalue weighted by Gasteiger charge is 2.31. The lowest BCUT2D eigenvalue weighted by Crippen LogP contribution is -2.35. The Labute approximate surface area is 283 Å². The average Bonchev–Trinajstić information content (AvgIpc) is 3.23. The summed E-state index contributed by atoms with van der Waals surface area (Å²) < 4.78 is 16.9. The molecule has 238 valence electrons. The van der Waals surface area contributed by atoms with Crippen molar-refractivity contribution in [3.8, 4) is 0 Å². The summed E-state index contributed by atoms with van der Waals surface area (Å²) in [6, 6.07) is 32.0. The van der Waals surface area contributed by atoms with Crippen molar-refractivity contribution in [2.45, 2.75) is 89.6 Å². The van der Waals surface area contributed by atoms with E-state index in [9.17, 15) is 0 Å². The van der Waals surface area contributed by atoms with Crippen LogP contribution < -0.4 is 4.67 Å². The monoisotopic (exact) mass is 669 g/mol. The van der Waals surface area contributed by atoms with E-state index in [2.05, 4.69) is 90.5 Å². The highest BCUT2D eigenvalue weighted by atomic mass is 35.5. The highest BCUT2D eigenvalue weighted by molar-refractivity contribution is 7.39. The lowest BCUT2D eigenvalue weighted by atomic mass is 9.96. The third-order valence-corrected chi connectivity index (χ3v) is 12.1. The predicted octanol–water partition coefficient (Wildman–Crippen LogP) is 14.3. The first-order chi connectivity index (χ1) is 22.6. The van der Waals surface area contributed by atoms with Crippen LogP contribution in [-0.4, -0.2) is 6.04 Å². The topological polar surface area (TPSA) is 29.5 Å². The van der Waals surface area contributed by atoms with Gasteiger partial charge in [-0.15, -0.1) is 0 Å².